The molecule has 0 spiro atoms. The lowest BCUT2D eigenvalue weighted by atomic mass is 10.0. The highest BCUT2D eigenvalue weighted by atomic mass is 79.9. The van der Waals surface area contributed by atoms with E-state index in [2.05, 4.69) is 38.4 Å². The van der Waals surface area contributed by atoms with Gasteiger partial charge >= 0.3 is 0 Å². The second-order valence-electron chi connectivity index (χ2n) is 4.69. The van der Waals surface area contributed by atoms with Crippen LogP contribution in [0.5, 0.6) is 0 Å². The van der Waals surface area contributed by atoms with Gasteiger partial charge in [0, 0.05) is 21.3 Å². The van der Waals surface area contributed by atoms with Gasteiger partial charge in [0.2, 0.25) is 0 Å². The third kappa shape index (κ3) is 3.25. The minimum atomic E-state index is -0.194. The van der Waals surface area contributed by atoms with Crippen molar-refractivity contribution in [2.24, 2.45) is 0 Å². The van der Waals surface area contributed by atoms with Crippen LogP contribution < -0.4 is 5.32 Å². The van der Waals surface area contributed by atoms with Crippen molar-refractivity contribution >= 4 is 45.2 Å². The van der Waals surface area contributed by atoms with Gasteiger partial charge in [-0.2, -0.15) is 0 Å². The molecule has 0 saturated carbocycles. The van der Waals surface area contributed by atoms with Crippen molar-refractivity contribution in [3.63, 3.8) is 0 Å². The van der Waals surface area contributed by atoms with Gasteiger partial charge in [0.15, 0.2) is 0 Å². The van der Waals surface area contributed by atoms with Gasteiger partial charge in [-0.3, -0.25) is 4.79 Å². The van der Waals surface area contributed by atoms with Gasteiger partial charge in [0.25, 0.3) is 5.91 Å². The van der Waals surface area contributed by atoms with E-state index in [1.165, 1.54) is 10.5 Å². The summed E-state index contributed by atoms with van der Waals surface area (Å²) in [6.45, 7) is 0. The van der Waals surface area contributed by atoms with Crippen molar-refractivity contribution < 1.29 is 4.79 Å². The van der Waals surface area contributed by atoms with Crippen molar-refractivity contribution in [2.45, 2.75) is 17.4 Å². The van der Waals surface area contributed by atoms with Crippen LogP contribution in [-0.4, -0.2) is 16.6 Å². The van der Waals surface area contributed by atoms with E-state index in [0.29, 0.717) is 5.56 Å². The van der Waals surface area contributed by atoms with Crippen LogP contribution in [0.3, 0.4) is 0 Å². The van der Waals surface area contributed by atoms with Gasteiger partial charge in [-0.1, -0.05) is 29.8 Å². The summed E-state index contributed by atoms with van der Waals surface area (Å²) in [6.07, 6.45) is 2.48. The third-order valence-corrected chi connectivity index (χ3v) is 5.17. The molecule has 1 amide bonds. The maximum Gasteiger partial charge on any atom is 0.254 e. The fourth-order valence-electron chi connectivity index (χ4n) is 2.31. The van der Waals surface area contributed by atoms with Gasteiger partial charge in [-0.05, 0) is 40.0 Å². The zero-order valence-corrected chi connectivity index (χ0v) is 14.1. The average molecular weight is 384 g/mol. The number of carbonyl (C=O) groups excluding carboxylic acids is 1. The number of halogens is 2. The predicted octanol–water partition coefficient (Wildman–Crippen LogP) is 4.46. The highest BCUT2D eigenvalue weighted by Crippen LogP contribution is 2.36. The van der Waals surface area contributed by atoms with Gasteiger partial charge in [0.1, 0.15) is 5.15 Å². The monoisotopic (exact) mass is 382 g/mol. The Balaban J connectivity index is 1.84. The smallest absolute Gasteiger partial charge is 0.254 e. The van der Waals surface area contributed by atoms with E-state index in [4.69, 9.17) is 11.6 Å². The molecule has 0 aliphatic carbocycles. The van der Waals surface area contributed by atoms with Crippen LogP contribution in [0.25, 0.3) is 0 Å². The number of nitrogens with one attached hydrogen (secondary N) is 1. The Morgan fingerprint density at radius 2 is 2.24 bits per heavy atom. The number of thioether (sulfide) groups is 1. The molecule has 0 radical (unpaired) electrons. The third-order valence-electron chi connectivity index (χ3n) is 3.31. The van der Waals surface area contributed by atoms with E-state index in [1.54, 1.807) is 12.3 Å². The molecule has 1 atom stereocenters. The van der Waals surface area contributed by atoms with Crippen LogP contribution in [0.2, 0.25) is 5.15 Å². The van der Waals surface area contributed by atoms with Crippen molar-refractivity contribution in [1.29, 1.82) is 0 Å². The molecule has 1 aromatic heterocycles. The van der Waals surface area contributed by atoms with Crippen LogP contribution in [0.4, 0.5) is 0 Å². The summed E-state index contributed by atoms with van der Waals surface area (Å²) in [5, 5.41) is 3.28. The number of pyridine rings is 1. The summed E-state index contributed by atoms with van der Waals surface area (Å²) in [7, 11) is 0. The SMILES string of the molecule is O=C(NC1CCSc2ccccc21)c1cc(Br)cnc1Cl. The molecule has 3 rings (SSSR count). The molecule has 6 heteroatoms. The maximum atomic E-state index is 12.4. The summed E-state index contributed by atoms with van der Waals surface area (Å²) in [5.74, 6) is 0.799. The molecule has 2 heterocycles. The average Bonchev–Trinajstić information content (AvgIpc) is 2.50. The first-order valence-corrected chi connectivity index (χ1v) is 8.64. The molecule has 0 bridgehead atoms. The molecular formula is C15H12BrClN2OS. The lowest BCUT2D eigenvalue weighted by Crippen LogP contribution is -2.31. The predicted molar refractivity (Wildman–Crippen MR) is 88.9 cm³/mol. The molecule has 0 saturated heterocycles. The van der Waals surface area contributed by atoms with Gasteiger partial charge < -0.3 is 5.32 Å². The number of amides is 1. The zero-order chi connectivity index (χ0) is 14.8. The number of nitrogens with zero attached hydrogens (tertiary/aromatic N) is 1. The first-order valence-electron chi connectivity index (χ1n) is 6.49. The molecular weight excluding hydrogens is 372 g/mol. The molecule has 1 unspecified atom stereocenters. The van der Waals surface area contributed by atoms with Gasteiger partial charge in [0.05, 0.1) is 11.6 Å². The summed E-state index contributed by atoms with van der Waals surface area (Å²) in [6, 6.07) is 9.88. The number of hydrogen-bond acceptors (Lipinski definition) is 3. The molecule has 0 fully saturated rings. The Labute approximate surface area is 140 Å². The number of carbonyl (C=O) groups is 1. The van der Waals surface area contributed by atoms with Crippen molar-refractivity contribution in [2.75, 3.05) is 5.75 Å². The first-order chi connectivity index (χ1) is 10.1. The second-order valence-corrected chi connectivity index (χ2v) is 7.10. The highest BCUT2D eigenvalue weighted by Gasteiger charge is 2.23. The lowest BCUT2D eigenvalue weighted by molar-refractivity contribution is 0.0934. The van der Waals surface area contributed by atoms with Crippen LogP contribution in [0.15, 0.2) is 45.9 Å². The summed E-state index contributed by atoms with van der Waals surface area (Å²) >= 11 is 11.1. The molecule has 1 N–H and O–H groups in total. The Kier molecular flexibility index (Phi) is 4.52. The Bertz CT molecular complexity index is 695. The quantitative estimate of drug-likeness (QED) is 0.778. The Morgan fingerprint density at radius 3 is 3.10 bits per heavy atom. The largest absolute Gasteiger partial charge is 0.345 e. The molecule has 2 aromatic rings. The minimum absolute atomic E-state index is 0.0185. The van der Waals surface area contributed by atoms with E-state index in [-0.39, 0.29) is 17.1 Å². The lowest BCUT2D eigenvalue weighted by Gasteiger charge is -2.26. The summed E-state index contributed by atoms with van der Waals surface area (Å²) in [5.41, 5.74) is 1.56. The van der Waals surface area contributed by atoms with E-state index in [1.807, 2.05) is 23.9 Å². The fourth-order valence-corrected chi connectivity index (χ4v) is 3.96. The molecule has 1 aliphatic rings. The van der Waals surface area contributed by atoms with Crippen molar-refractivity contribution in [3.8, 4) is 0 Å². The normalized spacial score (nSPS) is 17.1. The Hall–Kier alpha value is -1.04. The molecule has 3 nitrogen and oxygen atoms in total. The number of benzene rings is 1. The fraction of sp³-hybridized carbons (Fsp3) is 0.200. The van der Waals surface area contributed by atoms with Crippen LogP contribution in [0.1, 0.15) is 28.4 Å². The summed E-state index contributed by atoms with van der Waals surface area (Å²) in [4.78, 5) is 17.7. The number of rotatable bonds is 2. The van der Waals surface area contributed by atoms with Crippen LogP contribution >= 0.6 is 39.3 Å². The summed E-state index contributed by atoms with van der Waals surface area (Å²) < 4.78 is 0.733. The topological polar surface area (TPSA) is 42.0 Å². The van der Waals surface area contributed by atoms with Crippen LogP contribution in [-0.2, 0) is 0 Å². The second kappa shape index (κ2) is 6.38. The maximum absolute atomic E-state index is 12.4. The molecule has 21 heavy (non-hydrogen) atoms. The van der Waals surface area contributed by atoms with Crippen LogP contribution in [0, 0.1) is 0 Å². The van der Waals surface area contributed by atoms with Crippen molar-refractivity contribution in [3.05, 3.63) is 57.3 Å². The van der Waals surface area contributed by atoms with Crippen molar-refractivity contribution in [1.82, 2.24) is 10.3 Å². The number of hydrogen-bond donors (Lipinski definition) is 1. The van der Waals surface area contributed by atoms with E-state index < -0.39 is 0 Å². The molecule has 1 aromatic carbocycles. The van der Waals surface area contributed by atoms with Gasteiger partial charge in [-0.25, -0.2) is 4.98 Å². The minimum Gasteiger partial charge on any atom is -0.345 e. The van der Waals surface area contributed by atoms with E-state index in [0.717, 1.165) is 16.6 Å². The standard InChI is InChI=1S/C15H12BrClN2OS/c16-9-7-11(14(17)18-8-9)15(20)19-12-5-6-21-13-4-2-1-3-10(12)13/h1-4,7-8,12H,5-6H2,(H,19,20). The highest BCUT2D eigenvalue weighted by molar-refractivity contribution is 9.10. The van der Waals surface area contributed by atoms with Gasteiger partial charge in [-0.15, -0.1) is 11.8 Å². The number of fused-ring (bicyclic) bond motifs is 1. The Morgan fingerprint density at radius 1 is 1.43 bits per heavy atom. The first kappa shape index (κ1) is 14.9. The molecule has 108 valence electrons. The van der Waals surface area contributed by atoms with E-state index >= 15 is 0 Å². The van der Waals surface area contributed by atoms with E-state index in [9.17, 15) is 4.79 Å². The zero-order valence-electron chi connectivity index (χ0n) is 11.0. The molecule has 1 aliphatic heterocycles. The number of aromatic nitrogens is 1.